The van der Waals surface area contributed by atoms with E-state index in [2.05, 4.69) is 10.3 Å². The molecule has 1 fully saturated rings. The lowest BCUT2D eigenvalue weighted by molar-refractivity contribution is -0.198. The monoisotopic (exact) mass is 477 g/mol. The number of hydrogen-bond donors (Lipinski definition) is 0. The maximum atomic E-state index is 6.38. The van der Waals surface area contributed by atoms with Gasteiger partial charge in [0, 0.05) is 5.41 Å². The third kappa shape index (κ3) is 3.38. The summed E-state index contributed by atoms with van der Waals surface area (Å²) in [5, 5.41) is 10.5. The number of ether oxygens (including phenoxy) is 5. The van der Waals surface area contributed by atoms with Crippen LogP contribution in [-0.2, 0) is 23.7 Å². The van der Waals surface area contributed by atoms with Crippen molar-refractivity contribution in [3.05, 3.63) is 54.1 Å². The van der Waals surface area contributed by atoms with Crippen molar-refractivity contribution in [3.8, 4) is 11.3 Å². The second kappa shape index (κ2) is 8.43. The lowest BCUT2D eigenvalue weighted by Crippen LogP contribution is -2.55. The van der Waals surface area contributed by atoms with Crippen LogP contribution >= 0.6 is 23.7 Å². The highest BCUT2D eigenvalue weighted by molar-refractivity contribution is 8.17. The average Bonchev–Trinajstić information content (AvgIpc) is 3.66. The molecule has 0 bridgehead atoms. The Balaban J connectivity index is 1.36. The minimum Gasteiger partial charge on any atom is -0.501 e. The Morgan fingerprint density at radius 1 is 1.25 bits per heavy atom. The highest BCUT2D eigenvalue weighted by Crippen LogP contribution is 2.49. The van der Waals surface area contributed by atoms with Gasteiger partial charge in [0.05, 0.1) is 48.5 Å². The average molecular weight is 478 g/mol. The fourth-order valence-electron chi connectivity index (χ4n) is 3.86. The second-order valence-electron chi connectivity index (χ2n) is 7.28. The van der Waals surface area contributed by atoms with Gasteiger partial charge in [-0.05, 0) is 29.2 Å². The van der Waals surface area contributed by atoms with Crippen LogP contribution in [0.4, 0.5) is 0 Å². The van der Waals surface area contributed by atoms with E-state index in [0.717, 1.165) is 16.3 Å². The lowest BCUT2D eigenvalue weighted by atomic mass is 10.1. The summed E-state index contributed by atoms with van der Waals surface area (Å²) in [6.45, 7) is 1.69. The number of rotatable bonds is 5. The van der Waals surface area contributed by atoms with E-state index in [1.54, 1.807) is 48.7 Å². The van der Waals surface area contributed by atoms with Crippen molar-refractivity contribution in [1.29, 1.82) is 0 Å². The summed E-state index contributed by atoms with van der Waals surface area (Å²) in [6, 6.07) is 1.83. The van der Waals surface area contributed by atoms with E-state index in [1.807, 2.05) is 21.9 Å². The molecule has 1 saturated heterocycles. The molecule has 2 aromatic heterocycles. The zero-order valence-electron chi connectivity index (χ0n) is 16.7. The molecule has 168 valence electrons. The van der Waals surface area contributed by atoms with Crippen LogP contribution in [0, 0.1) is 5.92 Å². The fourth-order valence-corrected chi connectivity index (χ4v) is 5.91. The van der Waals surface area contributed by atoms with Gasteiger partial charge in [0.25, 0.3) is 0 Å². The molecule has 12 heteroatoms. The van der Waals surface area contributed by atoms with E-state index in [0.29, 0.717) is 37.0 Å². The molecule has 6 heterocycles. The molecule has 2 aromatic rings. The number of nitrogens with zero attached hydrogens (tertiary/aromatic N) is 3. The van der Waals surface area contributed by atoms with Crippen LogP contribution in [0.15, 0.2) is 57.3 Å². The van der Waals surface area contributed by atoms with Crippen LogP contribution < -0.4 is 0 Å². The number of aromatic nitrogens is 2. The first-order valence-corrected chi connectivity index (χ1v) is 12.0. The summed E-state index contributed by atoms with van der Waals surface area (Å²) in [4.78, 5) is 0. The molecule has 0 saturated carbocycles. The van der Waals surface area contributed by atoms with Gasteiger partial charge in [-0.15, -0.1) is 11.8 Å². The normalized spacial score (nSPS) is 29.8. The summed E-state index contributed by atoms with van der Waals surface area (Å²) in [6.07, 6.45) is 7.91. The van der Waals surface area contributed by atoms with E-state index < -0.39 is 12.0 Å². The summed E-state index contributed by atoms with van der Waals surface area (Å²) in [5.74, 6) is 1.17. The molecule has 0 spiro atoms. The van der Waals surface area contributed by atoms with Crippen LogP contribution in [0.5, 0.6) is 0 Å². The highest BCUT2D eigenvalue weighted by Gasteiger charge is 2.52. The van der Waals surface area contributed by atoms with Crippen LogP contribution in [0.1, 0.15) is 5.76 Å². The topological polar surface area (TPSA) is 101 Å². The zero-order chi connectivity index (χ0) is 21.4. The quantitative estimate of drug-likeness (QED) is 0.590. The van der Waals surface area contributed by atoms with Crippen molar-refractivity contribution in [2.45, 2.75) is 12.0 Å². The molecule has 0 amide bonds. The molecule has 3 unspecified atom stereocenters. The Labute approximate surface area is 191 Å². The van der Waals surface area contributed by atoms with Gasteiger partial charge in [-0.25, -0.2) is 4.63 Å². The molecule has 0 radical (unpaired) electrons. The first-order valence-electron chi connectivity index (χ1n) is 9.99. The molecule has 3 atom stereocenters. The van der Waals surface area contributed by atoms with Crippen molar-refractivity contribution in [2.24, 2.45) is 5.92 Å². The van der Waals surface area contributed by atoms with Gasteiger partial charge >= 0.3 is 0 Å². The Bertz CT molecular complexity index is 1050. The fraction of sp³-hybridized carbons (Fsp3) is 0.400. The molecular formula is C20H19N3O7S2. The van der Waals surface area contributed by atoms with Crippen LogP contribution in [0.25, 0.3) is 17.0 Å². The molecule has 10 nitrogen and oxygen atoms in total. The van der Waals surface area contributed by atoms with E-state index in [4.69, 9.17) is 32.7 Å². The van der Waals surface area contributed by atoms with Crippen LogP contribution in [-0.4, -0.2) is 58.1 Å². The SMILES string of the molecule is C1=CC(C2OC=C(C3(N4SCSC=C4c4occc4-c4cnon4)COCCO3)O2)CO1. The minimum absolute atomic E-state index is 0.00114. The number of hydrogen-bond acceptors (Lipinski definition) is 12. The third-order valence-electron chi connectivity index (χ3n) is 5.39. The lowest BCUT2D eigenvalue weighted by Gasteiger charge is -2.46. The third-order valence-corrected chi connectivity index (χ3v) is 7.50. The molecule has 0 aliphatic carbocycles. The van der Waals surface area contributed by atoms with Gasteiger partial charge in [0.1, 0.15) is 30.9 Å². The van der Waals surface area contributed by atoms with Gasteiger partial charge in [-0.2, -0.15) is 0 Å². The van der Waals surface area contributed by atoms with Gasteiger partial charge < -0.3 is 28.1 Å². The molecule has 4 aliphatic rings. The maximum absolute atomic E-state index is 6.38. The summed E-state index contributed by atoms with van der Waals surface area (Å²) in [7, 11) is 0. The van der Waals surface area contributed by atoms with Gasteiger partial charge in [-0.3, -0.25) is 4.31 Å². The first-order chi connectivity index (χ1) is 15.9. The predicted molar refractivity (Wildman–Crippen MR) is 114 cm³/mol. The Hall–Kier alpha value is -2.54. The highest BCUT2D eigenvalue weighted by atomic mass is 32.2. The summed E-state index contributed by atoms with van der Waals surface area (Å²) >= 11 is 3.25. The summed E-state index contributed by atoms with van der Waals surface area (Å²) < 4.78 is 42.4. The van der Waals surface area contributed by atoms with Crippen molar-refractivity contribution < 1.29 is 32.7 Å². The standard InChI is InChI=1S/C20H19N3O7S2/c1-3-24-8-13(1)19-27-9-17(29-19)20(11-25-5-6-28-20)23-16(10-31-12-32-23)18-14(2-4-26-18)15-7-21-30-22-15/h1-4,7,9-10,13,19H,5-6,8,11-12H2. The molecule has 4 aliphatic heterocycles. The van der Waals surface area contributed by atoms with Crippen molar-refractivity contribution in [2.75, 3.05) is 31.5 Å². The first kappa shape index (κ1) is 20.1. The maximum Gasteiger partial charge on any atom is 0.249 e. The summed E-state index contributed by atoms with van der Waals surface area (Å²) in [5.41, 5.74) is 1.12. The Morgan fingerprint density at radius 2 is 2.25 bits per heavy atom. The Kier molecular flexibility index (Phi) is 5.29. The smallest absolute Gasteiger partial charge is 0.249 e. The minimum atomic E-state index is -1.03. The largest absolute Gasteiger partial charge is 0.501 e. The number of thioether (sulfide) groups is 1. The van der Waals surface area contributed by atoms with Gasteiger partial charge in [0.15, 0.2) is 11.5 Å². The van der Waals surface area contributed by atoms with E-state index in [1.165, 1.54) is 0 Å². The molecule has 32 heavy (non-hydrogen) atoms. The number of furan rings is 1. The molecular weight excluding hydrogens is 458 g/mol. The predicted octanol–water partition coefficient (Wildman–Crippen LogP) is 3.40. The van der Waals surface area contributed by atoms with Crippen molar-refractivity contribution in [3.63, 3.8) is 0 Å². The van der Waals surface area contributed by atoms with E-state index >= 15 is 0 Å². The Morgan fingerprint density at radius 3 is 3.06 bits per heavy atom. The van der Waals surface area contributed by atoms with Gasteiger partial charge in [0.2, 0.25) is 12.0 Å². The second-order valence-corrected chi connectivity index (χ2v) is 9.42. The van der Waals surface area contributed by atoms with Crippen LogP contribution in [0.2, 0.25) is 0 Å². The van der Waals surface area contributed by atoms with Crippen LogP contribution in [0.3, 0.4) is 0 Å². The van der Waals surface area contributed by atoms with Crippen molar-refractivity contribution in [1.82, 2.24) is 14.6 Å². The van der Waals surface area contributed by atoms with Gasteiger partial charge in [-0.1, -0.05) is 5.16 Å². The molecule has 0 aromatic carbocycles. The van der Waals surface area contributed by atoms with E-state index in [9.17, 15) is 0 Å². The molecule has 6 rings (SSSR count). The zero-order valence-corrected chi connectivity index (χ0v) is 18.4. The van der Waals surface area contributed by atoms with E-state index in [-0.39, 0.29) is 12.5 Å². The van der Waals surface area contributed by atoms with Crippen molar-refractivity contribution >= 4 is 29.4 Å². The molecule has 0 N–H and O–H groups in total.